The standard InChI is InChI=1S/C19H25N5O5S/c1-22-13-20-21-18(22)16-8-23(17(25)9-28-2)10-19(16)11-24(12-19)30(26,27)15-6-4-14(29-3)5-7-15/h4-7,13,16H,8-12H2,1-3H3. The fourth-order valence-corrected chi connectivity index (χ4v) is 6.01. The summed E-state index contributed by atoms with van der Waals surface area (Å²) in [5.74, 6) is 1.13. The molecule has 1 aromatic heterocycles. The Balaban J connectivity index is 1.58. The summed E-state index contributed by atoms with van der Waals surface area (Å²) in [6.45, 7) is 1.55. The van der Waals surface area contributed by atoms with Gasteiger partial charge in [0.2, 0.25) is 15.9 Å². The average molecular weight is 436 g/mol. The van der Waals surface area contributed by atoms with Gasteiger partial charge in [-0.15, -0.1) is 10.2 Å². The Morgan fingerprint density at radius 1 is 1.20 bits per heavy atom. The lowest BCUT2D eigenvalue weighted by molar-refractivity contribution is -0.134. The van der Waals surface area contributed by atoms with Crippen molar-refractivity contribution in [3.63, 3.8) is 0 Å². The third-order valence-electron chi connectivity index (χ3n) is 6.01. The van der Waals surface area contributed by atoms with Crippen molar-refractivity contribution in [3.8, 4) is 5.75 Å². The molecule has 1 aromatic carbocycles. The first-order chi connectivity index (χ1) is 14.3. The molecule has 2 aliphatic heterocycles. The van der Waals surface area contributed by atoms with Crippen LogP contribution in [0, 0.1) is 5.41 Å². The second kappa shape index (κ2) is 7.64. The van der Waals surface area contributed by atoms with Crippen molar-refractivity contribution in [2.24, 2.45) is 12.5 Å². The van der Waals surface area contributed by atoms with Gasteiger partial charge in [-0.2, -0.15) is 4.31 Å². The Morgan fingerprint density at radius 3 is 2.47 bits per heavy atom. The van der Waals surface area contributed by atoms with Gasteiger partial charge in [0.15, 0.2) is 0 Å². The fraction of sp³-hybridized carbons (Fsp3) is 0.526. The van der Waals surface area contributed by atoms with Gasteiger partial charge in [-0.1, -0.05) is 0 Å². The molecule has 0 radical (unpaired) electrons. The van der Waals surface area contributed by atoms with E-state index in [-0.39, 0.29) is 23.3 Å². The van der Waals surface area contributed by atoms with Crippen LogP contribution in [-0.2, 0) is 26.6 Å². The van der Waals surface area contributed by atoms with Crippen LogP contribution in [0.5, 0.6) is 5.75 Å². The third kappa shape index (κ3) is 3.36. The quantitative estimate of drug-likeness (QED) is 0.633. The van der Waals surface area contributed by atoms with E-state index in [1.54, 1.807) is 35.5 Å². The molecule has 3 heterocycles. The largest absolute Gasteiger partial charge is 0.497 e. The van der Waals surface area contributed by atoms with E-state index >= 15 is 0 Å². The van der Waals surface area contributed by atoms with E-state index in [1.165, 1.54) is 18.5 Å². The molecule has 10 nitrogen and oxygen atoms in total. The maximum absolute atomic E-state index is 13.1. The number of likely N-dealkylation sites (tertiary alicyclic amines) is 1. The maximum Gasteiger partial charge on any atom is 0.248 e. The van der Waals surface area contributed by atoms with Crippen LogP contribution in [-0.4, -0.2) is 85.3 Å². The minimum atomic E-state index is -3.63. The van der Waals surface area contributed by atoms with Gasteiger partial charge in [-0.05, 0) is 24.3 Å². The highest BCUT2D eigenvalue weighted by atomic mass is 32.2. The zero-order valence-electron chi connectivity index (χ0n) is 17.2. The summed E-state index contributed by atoms with van der Waals surface area (Å²) < 4.78 is 39.6. The Kier molecular flexibility index (Phi) is 5.28. The van der Waals surface area contributed by atoms with Gasteiger partial charge >= 0.3 is 0 Å². The molecule has 2 aliphatic rings. The number of ether oxygens (including phenoxy) is 2. The first kappa shape index (κ1) is 20.8. The lowest BCUT2D eigenvalue weighted by atomic mass is 9.72. The predicted octanol–water partition coefficient (Wildman–Crippen LogP) is 0.0868. The van der Waals surface area contributed by atoms with E-state index in [2.05, 4.69) is 10.2 Å². The highest BCUT2D eigenvalue weighted by molar-refractivity contribution is 7.89. The SMILES string of the molecule is COCC(=O)N1CC(c2nncn2C)C2(C1)CN(S(=O)(=O)c1ccc(OC)cc1)C2. The van der Waals surface area contributed by atoms with Gasteiger partial charge in [0.1, 0.15) is 24.5 Å². The topological polar surface area (TPSA) is 107 Å². The monoisotopic (exact) mass is 435 g/mol. The molecular weight excluding hydrogens is 410 g/mol. The van der Waals surface area contributed by atoms with Crippen molar-refractivity contribution in [2.45, 2.75) is 10.8 Å². The summed E-state index contributed by atoms with van der Waals surface area (Å²) in [7, 11) is 1.24. The van der Waals surface area contributed by atoms with Crippen LogP contribution >= 0.6 is 0 Å². The van der Waals surface area contributed by atoms with Crippen molar-refractivity contribution in [2.75, 3.05) is 47.0 Å². The number of rotatable bonds is 6. The molecule has 11 heteroatoms. The van der Waals surface area contributed by atoms with E-state index in [9.17, 15) is 13.2 Å². The zero-order chi connectivity index (χ0) is 21.5. The van der Waals surface area contributed by atoms with Crippen LogP contribution in [0.4, 0.5) is 0 Å². The molecule has 0 saturated carbocycles. The molecule has 2 saturated heterocycles. The highest BCUT2D eigenvalue weighted by Gasteiger charge is 2.59. The molecule has 1 unspecified atom stereocenters. The number of nitrogens with zero attached hydrogens (tertiary/aromatic N) is 5. The van der Waals surface area contributed by atoms with Gasteiger partial charge in [-0.3, -0.25) is 4.79 Å². The molecule has 1 spiro atoms. The van der Waals surface area contributed by atoms with Crippen molar-refractivity contribution >= 4 is 15.9 Å². The lowest BCUT2D eigenvalue weighted by Crippen LogP contribution is -2.61. The number of methoxy groups -OCH3 is 2. The van der Waals surface area contributed by atoms with Crippen LogP contribution in [0.25, 0.3) is 0 Å². The average Bonchev–Trinajstić information content (AvgIpc) is 3.30. The highest BCUT2D eigenvalue weighted by Crippen LogP contribution is 2.50. The van der Waals surface area contributed by atoms with E-state index < -0.39 is 15.4 Å². The number of sulfonamides is 1. The predicted molar refractivity (Wildman–Crippen MR) is 106 cm³/mol. The molecule has 2 fully saturated rings. The van der Waals surface area contributed by atoms with Gasteiger partial charge in [-0.25, -0.2) is 8.42 Å². The van der Waals surface area contributed by atoms with Crippen LogP contribution in [0.1, 0.15) is 11.7 Å². The minimum absolute atomic E-state index is 0.00449. The maximum atomic E-state index is 13.1. The Hall–Kier alpha value is -2.50. The first-order valence-corrected chi connectivity index (χ1v) is 11.0. The molecule has 30 heavy (non-hydrogen) atoms. The van der Waals surface area contributed by atoms with Gasteiger partial charge in [0.05, 0.1) is 12.0 Å². The molecule has 0 bridgehead atoms. The summed E-state index contributed by atoms with van der Waals surface area (Å²) in [5.41, 5.74) is -0.399. The van der Waals surface area contributed by atoms with E-state index in [4.69, 9.17) is 9.47 Å². The third-order valence-corrected chi connectivity index (χ3v) is 7.81. The Morgan fingerprint density at radius 2 is 1.90 bits per heavy atom. The number of carbonyl (C=O) groups is 1. The molecule has 0 aliphatic carbocycles. The molecule has 1 amide bonds. The van der Waals surface area contributed by atoms with Crippen molar-refractivity contribution in [1.29, 1.82) is 0 Å². The van der Waals surface area contributed by atoms with Crippen LogP contribution in [0.15, 0.2) is 35.5 Å². The number of carbonyl (C=O) groups excluding carboxylic acids is 1. The summed E-state index contributed by atoms with van der Waals surface area (Å²) in [5, 5.41) is 8.21. The first-order valence-electron chi connectivity index (χ1n) is 9.55. The number of hydrogen-bond acceptors (Lipinski definition) is 7. The van der Waals surface area contributed by atoms with Gasteiger partial charge in [0.25, 0.3) is 0 Å². The zero-order valence-corrected chi connectivity index (χ0v) is 18.0. The van der Waals surface area contributed by atoms with Gasteiger partial charge < -0.3 is 18.9 Å². The van der Waals surface area contributed by atoms with Crippen molar-refractivity contribution in [3.05, 3.63) is 36.4 Å². The second-order valence-corrected chi connectivity index (χ2v) is 9.81. The minimum Gasteiger partial charge on any atom is -0.497 e. The summed E-state index contributed by atoms with van der Waals surface area (Å²) in [4.78, 5) is 14.4. The summed E-state index contributed by atoms with van der Waals surface area (Å²) in [6, 6.07) is 6.35. The van der Waals surface area contributed by atoms with Crippen molar-refractivity contribution in [1.82, 2.24) is 24.0 Å². The second-order valence-electron chi connectivity index (χ2n) is 7.87. The summed E-state index contributed by atoms with van der Waals surface area (Å²) >= 11 is 0. The molecule has 0 N–H and O–H groups in total. The van der Waals surface area contributed by atoms with Crippen LogP contribution in [0.3, 0.4) is 0 Å². The fourth-order valence-electron chi connectivity index (χ4n) is 4.38. The van der Waals surface area contributed by atoms with E-state index in [1.807, 2.05) is 11.6 Å². The molecule has 4 rings (SSSR count). The van der Waals surface area contributed by atoms with Crippen LogP contribution < -0.4 is 4.74 Å². The van der Waals surface area contributed by atoms with E-state index in [0.29, 0.717) is 31.9 Å². The summed E-state index contributed by atoms with van der Waals surface area (Å²) in [6.07, 6.45) is 1.62. The number of aryl methyl sites for hydroxylation is 1. The molecule has 1 atom stereocenters. The van der Waals surface area contributed by atoms with Crippen molar-refractivity contribution < 1.29 is 22.7 Å². The molecular formula is C19H25N5O5S. The number of benzene rings is 1. The smallest absolute Gasteiger partial charge is 0.248 e. The number of hydrogen-bond donors (Lipinski definition) is 0. The van der Waals surface area contributed by atoms with Gasteiger partial charge in [0, 0.05) is 51.7 Å². The Labute approximate surface area is 175 Å². The van der Waals surface area contributed by atoms with Crippen LogP contribution in [0.2, 0.25) is 0 Å². The Bertz CT molecular complexity index is 1030. The normalized spacial score (nSPS) is 21.0. The lowest BCUT2D eigenvalue weighted by Gasteiger charge is -2.49. The molecule has 2 aromatic rings. The molecule has 162 valence electrons. The number of aromatic nitrogens is 3. The number of amides is 1. The van der Waals surface area contributed by atoms with E-state index in [0.717, 1.165) is 5.82 Å².